The van der Waals surface area contributed by atoms with E-state index in [1.165, 1.54) is 18.4 Å². The summed E-state index contributed by atoms with van der Waals surface area (Å²) < 4.78 is 5.60. The summed E-state index contributed by atoms with van der Waals surface area (Å²) in [5.41, 5.74) is 1.19. The van der Waals surface area contributed by atoms with Crippen LogP contribution in [0.3, 0.4) is 0 Å². The summed E-state index contributed by atoms with van der Waals surface area (Å²) in [6.45, 7) is 5.22. The minimum absolute atomic E-state index is 0. The van der Waals surface area contributed by atoms with Crippen molar-refractivity contribution in [2.45, 2.75) is 25.9 Å². The van der Waals surface area contributed by atoms with Crippen molar-refractivity contribution in [3.05, 3.63) is 35.9 Å². The Morgan fingerprint density at radius 1 is 1.41 bits per heavy atom. The summed E-state index contributed by atoms with van der Waals surface area (Å²) in [5, 5.41) is 3.46. The van der Waals surface area contributed by atoms with Gasteiger partial charge >= 0.3 is 0 Å². The highest BCUT2D eigenvalue weighted by molar-refractivity contribution is 14.0. The third-order valence-electron chi connectivity index (χ3n) is 4.07. The van der Waals surface area contributed by atoms with Crippen molar-refractivity contribution in [3.63, 3.8) is 0 Å². The maximum absolute atomic E-state index is 5.60. The van der Waals surface area contributed by atoms with Crippen LogP contribution in [-0.2, 0) is 4.74 Å². The average Bonchev–Trinajstić information content (AvgIpc) is 2.52. The first-order valence-electron chi connectivity index (χ1n) is 7.78. The van der Waals surface area contributed by atoms with E-state index in [9.17, 15) is 0 Å². The van der Waals surface area contributed by atoms with Gasteiger partial charge in [-0.25, -0.2) is 0 Å². The lowest BCUT2D eigenvalue weighted by atomic mass is 10.0. The lowest BCUT2D eigenvalue weighted by Gasteiger charge is -2.34. The van der Waals surface area contributed by atoms with E-state index < -0.39 is 0 Å². The molecule has 2 rings (SSSR count). The van der Waals surface area contributed by atoms with Crippen molar-refractivity contribution >= 4 is 29.9 Å². The van der Waals surface area contributed by atoms with E-state index in [-0.39, 0.29) is 30.1 Å². The molecule has 1 aliphatic heterocycles. The van der Waals surface area contributed by atoms with Crippen LogP contribution in [0.15, 0.2) is 35.3 Å². The second kappa shape index (κ2) is 10.0. The fourth-order valence-electron chi connectivity index (χ4n) is 2.90. The Morgan fingerprint density at radius 3 is 2.73 bits per heavy atom. The number of aliphatic imine (C=N–C) groups is 1. The zero-order valence-corrected chi connectivity index (χ0v) is 16.1. The van der Waals surface area contributed by atoms with Crippen LogP contribution in [0.1, 0.15) is 31.4 Å². The molecule has 1 N–H and O–H groups in total. The molecule has 1 saturated heterocycles. The Balaban J connectivity index is 0.00000242. The highest BCUT2D eigenvalue weighted by atomic mass is 127. The van der Waals surface area contributed by atoms with Crippen molar-refractivity contribution in [2.24, 2.45) is 10.9 Å². The van der Waals surface area contributed by atoms with Crippen molar-refractivity contribution in [2.75, 3.05) is 33.8 Å². The van der Waals surface area contributed by atoms with E-state index in [1.54, 1.807) is 7.11 Å². The quantitative estimate of drug-likeness (QED) is 0.464. The molecule has 4 nitrogen and oxygen atoms in total. The minimum atomic E-state index is 0. The Hall–Kier alpha value is -0.820. The Bertz CT molecular complexity index is 452. The van der Waals surface area contributed by atoms with Crippen molar-refractivity contribution < 1.29 is 4.74 Å². The number of ether oxygens (including phenoxy) is 1. The van der Waals surface area contributed by atoms with E-state index >= 15 is 0 Å². The molecule has 1 aliphatic rings. The Labute approximate surface area is 151 Å². The van der Waals surface area contributed by atoms with Gasteiger partial charge in [0.15, 0.2) is 5.96 Å². The normalized spacial score (nSPS) is 20.2. The third kappa shape index (κ3) is 5.43. The van der Waals surface area contributed by atoms with Crippen LogP contribution in [0.5, 0.6) is 0 Å². The summed E-state index contributed by atoms with van der Waals surface area (Å²) in [5.74, 6) is 1.73. The lowest BCUT2D eigenvalue weighted by Crippen LogP contribution is -2.47. The van der Waals surface area contributed by atoms with Crippen molar-refractivity contribution in [1.82, 2.24) is 10.2 Å². The molecule has 0 radical (unpaired) electrons. The summed E-state index contributed by atoms with van der Waals surface area (Å²) in [6, 6.07) is 10.3. The van der Waals surface area contributed by atoms with Crippen LogP contribution in [0.4, 0.5) is 0 Å². The topological polar surface area (TPSA) is 36.9 Å². The average molecular weight is 417 g/mol. The van der Waals surface area contributed by atoms with Crippen LogP contribution in [0, 0.1) is 5.92 Å². The van der Waals surface area contributed by atoms with Gasteiger partial charge in [-0.05, 0) is 24.3 Å². The number of benzene rings is 1. The highest BCUT2D eigenvalue weighted by Crippen LogP contribution is 2.17. The van der Waals surface area contributed by atoms with Crippen LogP contribution in [0.25, 0.3) is 0 Å². The molecule has 0 bridgehead atoms. The summed E-state index contributed by atoms with van der Waals surface area (Å²) in [6.07, 6.45) is 2.61. The first-order chi connectivity index (χ1) is 10.2. The standard InChI is InChI=1S/C17H27N3O.HI/c1-14-8-7-11-20(13-14)17(18-2)19-12-16(21-3)15-9-5-4-6-10-15;/h4-6,9-10,14,16H,7-8,11-13H2,1-3H3,(H,18,19);1H. The van der Waals surface area contributed by atoms with Crippen LogP contribution in [-0.4, -0.2) is 44.7 Å². The van der Waals surface area contributed by atoms with Crippen LogP contribution >= 0.6 is 24.0 Å². The van der Waals surface area contributed by atoms with E-state index in [0.29, 0.717) is 0 Å². The number of rotatable bonds is 4. The summed E-state index contributed by atoms with van der Waals surface area (Å²) in [7, 11) is 3.61. The molecule has 5 heteroatoms. The number of halogens is 1. The highest BCUT2D eigenvalue weighted by Gasteiger charge is 2.20. The molecule has 2 unspecified atom stereocenters. The molecule has 0 amide bonds. The monoisotopic (exact) mass is 417 g/mol. The molecule has 0 saturated carbocycles. The van der Waals surface area contributed by atoms with Crippen molar-refractivity contribution in [1.29, 1.82) is 0 Å². The molecule has 1 aromatic carbocycles. The van der Waals surface area contributed by atoms with Crippen molar-refractivity contribution in [3.8, 4) is 0 Å². The molecule has 1 heterocycles. The van der Waals surface area contributed by atoms with Gasteiger partial charge in [0.25, 0.3) is 0 Å². The second-order valence-electron chi connectivity index (χ2n) is 5.76. The fraction of sp³-hybridized carbons (Fsp3) is 0.588. The van der Waals surface area contributed by atoms with E-state index in [4.69, 9.17) is 4.74 Å². The number of guanidine groups is 1. The Kier molecular flexibility index (Phi) is 8.78. The lowest BCUT2D eigenvalue weighted by molar-refractivity contribution is 0.105. The molecular weight excluding hydrogens is 389 g/mol. The molecule has 124 valence electrons. The number of likely N-dealkylation sites (tertiary alicyclic amines) is 1. The van der Waals surface area contributed by atoms with Crippen LogP contribution in [0.2, 0.25) is 0 Å². The second-order valence-corrected chi connectivity index (χ2v) is 5.76. The summed E-state index contributed by atoms with van der Waals surface area (Å²) in [4.78, 5) is 6.78. The number of piperidine rings is 1. The number of methoxy groups -OCH3 is 1. The smallest absolute Gasteiger partial charge is 0.193 e. The minimum Gasteiger partial charge on any atom is -0.375 e. The van der Waals surface area contributed by atoms with Gasteiger partial charge in [0, 0.05) is 33.8 Å². The third-order valence-corrected chi connectivity index (χ3v) is 4.07. The van der Waals surface area contributed by atoms with E-state index in [1.807, 2.05) is 25.2 Å². The largest absolute Gasteiger partial charge is 0.375 e. The van der Waals surface area contributed by atoms with Gasteiger partial charge in [0.1, 0.15) is 0 Å². The predicted octanol–water partition coefficient (Wildman–Crippen LogP) is 3.30. The maximum Gasteiger partial charge on any atom is 0.193 e. The zero-order chi connectivity index (χ0) is 15.1. The van der Waals surface area contributed by atoms with E-state index in [0.717, 1.165) is 31.5 Å². The van der Waals surface area contributed by atoms with Gasteiger partial charge in [-0.3, -0.25) is 4.99 Å². The van der Waals surface area contributed by atoms with E-state index in [2.05, 4.69) is 34.3 Å². The van der Waals surface area contributed by atoms with Gasteiger partial charge < -0.3 is 15.0 Å². The van der Waals surface area contributed by atoms with Gasteiger partial charge in [0.05, 0.1) is 6.10 Å². The molecule has 1 fully saturated rings. The number of nitrogens with zero attached hydrogens (tertiary/aromatic N) is 2. The Morgan fingerprint density at radius 2 is 2.14 bits per heavy atom. The van der Waals surface area contributed by atoms with Gasteiger partial charge in [0.2, 0.25) is 0 Å². The molecule has 2 atom stereocenters. The molecule has 22 heavy (non-hydrogen) atoms. The SMILES string of the molecule is CN=C(NCC(OC)c1ccccc1)N1CCCC(C)C1.I. The molecule has 0 aliphatic carbocycles. The predicted molar refractivity (Wildman–Crippen MR) is 103 cm³/mol. The fourth-order valence-corrected chi connectivity index (χ4v) is 2.90. The van der Waals surface area contributed by atoms with Gasteiger partial charge in [-0.1, -0.05) is 37.3 Å². The molecule has 0 spiro atoms. The molecule has 0 aromatic heterocycles. The number of hydrogen-bond donors (Lipinski definition) is 1. The molecule has 1 aromatic rings. The number of hydrogen-bond acceptors (Lipinski definition) is 2. The maximum atomic E-state index is 5.60. The number of nitrogens with one attached hydrogen (secondary N) is 1. The van der Waals surface area contributed by atoms with Crippen LogP contribution < -0.4 is 5.32 Å². The first kappa shape index (κ1) is 19.2. The first-order valence-corrected chi connectivity index (χ1v) is 7.78. The van der Waals surface area contributed by atoms with Gasteiger partial charge in [-0.2, -0.15) is 0 Å². The van der Waals surface area contributed by atoms with Gasteiger partial charge in [-0.15, -0.1) is 24.0 Å². The summed E-state index contributed by atoms with van der Waals surface area (Å²) >= 11 is 0. The zero-order valence-electron chi connectivity index (χ0n) is 13.8. The molecular formula is C17H28IN3O.